The van der Waals surface area contributed by atoms with Crippen molar-refractivity contribution in [3.05, 3.63) is 51.0 Å². The van der Waals surface area contributed by atoms with Gasteiger partial charge in [-0.25, -0.2) is 9.95 Å². The molecule has 1 N–H and O–H groups in total. The lowest BCUT2D eigenvalue weighted by Gasteiger charge is -2.03. The zero-order valence-corrected chi connectivity index (χ0v) is 15.1. The number of ether oxygens (including phenoxy) is 1. The summed E-state index contributed by atoms with van der Waals surface area (Å²) in [6.07, 6.45) is 1.66. The summed E-state index contributed by atoms with van der Waals surface area (Å²) < 4.78 is 12.0. The number of aromatic amines is 1. The SMILES string of the molecule is CCOC(=O)c1cn(Cc2ccc(-c3nc(=S)o[nH]3)cc2)nc1Br. The van der Waals surface area contributed by atoms with Crippen LogP contribution in [0.1, 0.15) is 22.8 Å². The highest BCUT2D eigenvalue weighted by atomic mass is 79.9. The molecule has 2 aromatic heterocycles. The second kappa shape index (κ2) is 7.10. The molecule has 0 aliphatic heterocycles. The first-order valence-electron chi connectivity index (χ1n) is 7.11. The Kier molecular flexibility index (Phi) is 4.91. The lowest BCUT2D eigenvalue weighted by atomic mass is 10.1. The van der Waals surface area contributed by atoms with Crippen LogP contribution in [-0.2, 0) is 11.3 Å². The van der Waals surface area contributed by atoms with Crippen molar-refractivity contribution >= 4 is 34.1 Å². The van der Waals surface area contributed by atoms with Gasteiger partial charge in [0.1, 0.15) is 10.2 Å². The van der Waals surface area contributed by atoms with Crippen LogP contribution in [0.15, 0.2) is 39.6 Å². The Labute approximate surface area is 150 Å². The van der Waals surface area contributed by atoms with Crippen LogP contribution in [0.3, 0.4) is 0 Å². The van der Waals surface area contributed by atoms with E-state index >= 15 is 0 Å². The monoisotopic (exact) mass is 408 g/mol. The van der Waals surface area contributed by atoms with Gasteiger partial charge < -0.3 is 9.26 Å². The van der Waals surface area contributed by atoms with E-state index in [0.29, 0.717) is 29.1 Å². The van der Waals surface area contributed by atoms with Crippen LogP contribution in [0.4, 0.5) is 0 Å². The third-order valence-corrected chi connectivity index (χ3v) is 3.98. The molecule has 0 fully saturated rings. The maximum atomic E-state index is 11.8. The van der Waals surface area contributed by atoms with Gasteiger partial charge in [-0.05, 0) is 40.6 Å². The Bertz CT molecular complexity index is 913. The van der Waals surface area contributed by atoms with E-state index in [1.54, 1.807) is 17.8 Å². The molecule has 1 aromatic carbocycles. The van der Waals surface area contributed by atoms with E-state index in [1.165, 1.54) is 0 Å². The summed E-state index contributed by atoms with van der Waals surface area (Å²) in [5.74, 6) is 0.185. The predicted molar refractivity (Wildman–Crippen MR) is 92.1 cm³/mol. The van der Waals surface area contributed by atoms with Gasteiger partial charge in [0.05, 0.1) is 13.2 Å². The molecule has 3 aromatic rings. The van der Waals surface area contributed by atoms with E-state index in [4.69, 9.17) is 21.5 Å². The number of H-pyrrole nitrogens is 1. The average molecular weight is 409 g/mol. The molecule has 0 amide bonds. The lowest BCUT2D eigenvalue weighted by Crippen LogP contribution is -2.04. The second-order valence-corrected chi connectivity index (χ2v) is 5.98. The van der Waals surface area contributed by atoms with Gasteiger partial charge in [0, 0.05) is 11.8 Å². The van der Waals surface area contributed by atoms with Gasteiger partial charge in [0.15, 0.2) is 5.82 Å². The standard InChI is InChI=1S/C15H13BrN4O3S/c1-2-22-14(21)11-8-20(18-12(11)16)7-9-3-5-10(6-4-9)13-17-15(24)23-19-13/h3-6,8H,2,7H2,1H3,(H,17,19,24). The molecule has 0 spiro atoms. The third-order valence-electron chi connectivity index (χ3n) is 3.22. The number of hydrogen-bond donors (Lipinski definition) is 1. The summed E-state index contributed by atoms with van der Waals surface area (Å²) in [5.41, 5.74) is 2.29. The lowest BCUT2D eigenvalue weighted by molar-refractivity contribution is 0.0525. The highest BCUT2D eigenvalue weighted by molar-refractivity contribution is 9.10. The predicted octanol–water partition coefficient (Wildman–Crippen LogP) is 3.58. The number of benzene rings is 1. The van der Waals surface area contributed by atoms with Crippen LogP contribution in [0.25, 0.3) is 11.4 Å². The van der Waals surface area contributed by atoms with Gasteiger partial charge in [-0.15, -0.1) is 0 Å². The molecule has 2 heterocycles. The van der Waals surface area contributed by atoms with Gasteiger partial charge in [-0.1, -0.05) is 24.3 Å². The molecule has 0 unspecified atom stereocenters. The zero-order chi connectivity index (χ0) is 17.1. The molecule has 124 valence electrons. The largest absolute Gasteiger partial charge is 0.462 e. The minimum Gasteiger partial charge on any atom is -0.462 e. The Morgan fingerprint density at radius 1 is 1.42 bits per heavy atom. The average Bonchev–Trinajstić information content (AvgIpc) is 3.14. The minimum absolute atomic E-state index is 0.168. The second-order valence-electron chi connectivity index (χ2n) is 4.88. The maximum Gasteiger partial charge on any atom is 0.342 e. The number of esters is 1. The Morgan fingerprint density at radius 3 is 2.79 bits per heavy atom. The molecule has 0 saturated heterocycles. The van der Waals surface area contributed by atoms with E-state index in [1.807, 2.05) is 24.3 Å². The normalized spacial score (nSPS) is 10.8. The van der Waals surface area contributed by atoms with Gasteiger partial charge in [0.25, 0.3) is 0 Å². The fourth-order valence-electron chi connectivity index (χ4n) is 2.13. The molecule has 0 radical (unpaired) electrons. The van der Waals surface area contributed by atoms with Crippen molar-refractivity contribution in [3.8, 4) is 11.4 Å². The van der Waals surface area contributed by atoms with Crippen LogP contribution in [0, 0.1) is 4.84 Å². The van der Waals surface area contributed by atoms with E-state index in [-0.39, 0.29) is 4.84 Å². The van der Waals surface area contributed by atoms with Gasteiger partial charge in [0.2, 0.25) is 0 Å². The van der Waals surface area contributed by atoms with E-state index in [0.717, 1.165) is 11.1 Å². The highest BCUT2D eigenvalue weighted by Gasteiger charge is 2.15. The number of halogens is 1. The van der Waals surface area contributed by atoms with Crippen LogP contribution in [-0.4, -0.2) is 32.5 Å². The Morgan fingerprint density at radius 2 is 2.17 bits per heavy atom. The molecular formula is C15H13BrN4O3S. The van der Waals surface area contributed by atoms with Crippen molar-refractivity contribution in [2.75, 3.05) is 6.61 Å². The molecule has 0 atom stereocenters. The van der Waals surface area contributed by atoms with Crippen LogP contribution >= 0.6 is 28.1 Å². The van der Waals surface area contributed by atoms with E-state index in [9.17, 15) is 4.79 Å². The summed E-state index contributed by atoms with van der Waals surface area (Å²) in [4.78, 5) is 16.0. The molecule has 0 saturated carbocycles. The molecule has 0 bridgehead atoms. The van der Waals surface area contributed by atoms with Gasteiger partial charge in [-0.3, -0.25) is 4.68 Å². The summed E-state index contributed by atoms with van der Waals surface area (Å²) in [5, 5.41) is 6.94. The first-order chi connectivity index (χ1) is 11.6. The fraction of sp³-hybridized carbons (Fsp3) is 0.200. The topological polar surface area (TPSA) is 85.9 Å². The fourth-order valence-corrected chi connectivity index (χ4v) is 2.73. The maximum absolute atomic E-state index is 11.8. The van der Waals surface area contributed by atoms with Crippen molar-refractivity contribution in [1.29, 1.82) is 0 Å². The van der Waals surface area contributed by atoms with E-state index in [2.05, 4.69) is 31.2 Å². The summed E-state index contributed by atoms with van der Waals surface area (Å²) >= 11 is 8.12. The summed E-state index contributed by atoms with van der Waals surface area (Å²) in [6.45, 7) is 2.61. The number of carbonyl (C=O) groups is 1. The minimum atomic E-state index is -0.396. The number of nitrogens with one attached hydrogen (secondary N) is 1. The highest BCUT2D eigenvalue weighted by Crippen LogP contribution is 2.18. The summed E-state index contributed by atoms with van der Waals surface area (Å²) in [7, 11) is 0. The Balaban J connectivity index is 1.76. The molecule has 24 heavy (non-hydrogen) atoms. The van der Waals surface area contributed by atoms with E-state index < -0.39 is 5.97 Å². The number of rotatable bonds is 5. The third kappa shape index (κ3) is 3.62. The van der Waals surface area contributed by atoms with Crippen molar-refractivity contribution in [2.45, 2.75) is 13.5 Å². The molecule has 0 aliphatic rings. The first kappa shape index (κ1) is 16.6. The van der Waals surface area contributed by atoms with Crippen LogP contribution < -0.4 is 0 Å². The number of carbonyl (C=O) groups excluding carboxylic acids is 1. The number of nitrogens with zero attached hydrogens (tertiary/aromatic N) is 3. The number of aromatic nitrogens is 4. The molecule has 9 heteroatoms. The van der Waals surface area contributed by atoms with Crippen LogP contribution in [0.2, 0.25) is 0 Å². The first-order valence-corrected chi connectivity index (χ1v) is 8.32. The van der Waals surface area contributed by atoms with Crippen LogP contribution in [0.5, 0.6) is 0 Å². The van der Waals surface area contributed by atoms with Crippen molar-refractivity contribution < 1.29 is 14.1 Å². The molecule has 7 nitrogen and oxygen atoms in total. The smallest absolute Gasteiger partial charge is 0.342 e. The van der Waals surface area contributed by atoms with Gasteiger partial charge >= 0.3 is 10.8 Å². The van der Waals surface area contributed by atoms with Crippen molar-refractivity contribution in [2.24, 2.45) is 0 Å². The van der Waals surface area contributed by atoms with Gasteiger partial charge in [-0.2, -0.15) is 10.1 Å². The number of hydrogen-bond acceptors (Lipinski definition) is 6. The Hall–Kier alpha value is -2.26. The molecule has 0 aliphatic carbocycles. The van der Waals surface area contributed by atoms with Crippen molar-refractivity contribution in [3.63, 3.8) is 0 Å². The van der Waals surface area contributed by atoms with Crippen molar-refractivity contribution in [1.82, 2.24) is 19.9 Å². The molecular weight excluding hydrogens is 396 g/mol. The quantitative estimate of drug-likeness (QED) is 0.512. The summed E-state index contributed by atoms with van der Waals surface area (Å²) in [6, 6.07) is 7.70. The molecule has 3 rings (SSSR count). The zero-order valence-electron chi connectivity index (χ0n) is 12.7.